The van der Waals surface area contributed by atoms with Crippen LogP contribution < -0.4 is 5.01 Å². The fourth-order valence-corrected chi connectivity index (χ4v) is 2.29. The average Bonchev–Trinajstić information content (AvgIpc) is 2.49. The monoisotopic (exact) mass is 289 g/mol. The first-order valence-corrected chi connectivity index (χ1v) is 7.86. The van der Waals surface area contributed by atoms with Crippen molar-refractivity contribution in [1.82, 2.24) is 0 Å². The lowest BCUT2D eigenvalue weighted by Gasteiger charge is -2.19. The van der Waals surface area contributed by atoms with Crippen molar-refractivity contribution >= 4 is 11.6 Å². The summed E-state index contributed by atoms with van der Waals surface area (Å²) in [6.45, 7) is 6.33. The third-order valence-electron chi connectivity index (χ3n) is 3.60. The largest absolute Gasteiger partial charge is 0.273 e. The van der Waals surface area contributed by atoms with Crippen LogP contribution in [-0.4, -0.2) is 13.0 Å². The Kier molecular flexibility index (Phi) is 7.65. The summed E-state index contributed by atoms with van der Waals surface area (Å²) in [5.74, 6) is 0.0122. The van der Waals surface area contributed by atoms with E-state index in [-0.39, 0.29) is 5.91 Å². The van der Waals surface area contributed by atoms with Crippen molar-refractivity contribution in [3.05, 3.63) is 29.3 Å². The Balaban J connectivity index is 3.05. The van der Waals surface area contributed by atoms with E-state index in [2.05, 4.69) is 37.2 Å². The smallest absolute Gasteiger partial charge is 0.248 e. The predicted octanol–water partition coefficient (Wildman–Crippen LogP) is 4.86. The van der Waals surface area contributed by atoms with Crippen LogP contribution >= 0.6 is 0 Å². The first-order valence-electron chi connectivity index (χ1n) is 7.86. The topological polar surface area (TPSA) is 45.0 Å². The molecule has 0 aliphatic rings. The van der Waals surface area contributed by atoms with Crippen LogP contribution in [0.25, 0.3) is 0 Å². The molecule has 0 fully saturated rings. The number of carbonyl (C=O) groups excluding carboxylic acids is 1. The molecule has 0 saturated heterocycles. The number of amides is 1. The predicted molar refractivity (Wildman–Crippen MR) is 87.6 cm³/mol. The van der Waals surface area contributed by atoms with Crippen molar-refractivity contribution in [2.45, 2.75) is 59.3 Å². The molecule has 4 heteroatoms. The van der Waals surface area contributed by atoms with E-state index in [0.29, 0.717) is 6.42 Å². The maximum atomic E-state index is 12.3. The molecule has 0 aliphatic heterocycles. The summed E-state index contributed by atoms with van der Waals surface area (Å²) in [5.41, 5.74) is 3.27. The molecular formula is C17H27N3O. The van der Waals surface area contributed by atoms with Gasteiger partial charge in [-0.15, -0.1) is 0 Å². The van der Waals surface area contributed by atoms with E-state index in [1.54, 1.807) is 7.05 Å². The molecule has 0 aromatic heterocycles. The molecule has 0 saturated carbocycles. The van der Waals surface area contributed by atoms with E-state index in [1.807, 2.05) is 12.1 Å². The number of hydrogen-bond donors (Lipinski definition) is 0. The molecular weight excluding hydrogens is 262 g/mol. The highest BCUT2D eigenvalue weighted by Crippen LogP contribution is 2.26. The van der Waals surface area contributed by atoms with Gasteiger partial charge in [0.25, 0.3) is 0 Å². The molecule has 1 amide bonds. The third kappa shape index (κ3) is 4.96. The molecule has 0 N–H and O–H groups in total. The van der Waals surface area contributed by atoms with Crippen molar-refractivity contribution in [2.75, 3.05) is 12.1 Å². The second kappa shape index (κ2) is 9.27. The summed E-state index contributed by atoms with van der Waals surface area (Å²) in [6.07, 6.45) is 5.74. The molecule has 0 bridgehead atoms. The van der Waals surface area contributed by atoms with Gasteiger partial charge in [0.2, 0.25) is 5.91 Å². The van der Waals surface area contributed by atoms with Gasteiger partial charge in [0.1, 0.15) is 0 Å². The van der Waals surface area contributed by atoms with Gasteiger partial charge in [0.15, 0.2) is 0 Å². The standard InChI is InChI=1S/C17H27N3O/c1-5-7-10-15-11-9-12-16(14(15)3)20(19-18-4)17(21)13-8-6-2/h9,11-12H,5-8,10,13H2,1-4H3/b19-18-. The molecule has 1 aromatic carbocycles. The molecule has 0 radical (unpaired) electrons. The fraction of sp³-hybridized carbons (Fsp3) is 0.588. The Labute approximate surface area is 128 Å². The second-order valence-electron chi connectivity index (χ2n) is 5.26. The van der Waals surface area contributed by atoms with Crippen LogP contribution in [0.1, 0.15) is 57.1 Å². The number of hydrogen-bond acceptors (Lipinski definition) is 3. The van der Waals surface area contributed by atoms with Gasteiger partial charge in [0.05, 0.1) is 12.7 Å². The first kappa shape index (κ1) is 17.3. The Morgan fingerprint density at radius 2 is 1.90 bits per heavy atom. The van der Waals surface area contributed by atoms with Crippen LogP contribution in [0.3, 0.4) is 0 Å². The number of carbonyl (C=O) groups is 1. The average molecular weight is 289 g/mol. The molecule has 0 atom stereocenters. The van der Waals surface area contributed by atoms with Crippen LogP contribution in [0, 0.1) is 6.92 Å². The lowest BCUT2D eigenvalue weighted by Crippen LogP contribution is -2.25. The molecule has 0 unspecified atom stereocenters. The molecule has 21 heavy (non-hydrogen) atoms. The van der Waals surface area contributed by atoms with Crippen LogP contribution in [0.5, 0.6) is 0 Å². The second-order valence-corrected chi connectivity index (χ2v) is 5.26. The van der Waals surface area contributed by atoms with E-state index in [1.165, 1.54) is 10.6 Å². The molecule has 116 valence electrons. The number of rotatable bonds is 8. The van der Waals surface area contributed by atoms with Crippen LogP contribution in [-0.2, 0) is 11.2 Å². The van der Waals surface area contributed by atoms with Crippen molar-refractivity contribution < 1.29 is 4.79 Å². The fourth-order valence-electron chi connectivity index (χ4n) is 2.29. The highest BCUT2D eigenvalue weighted by molar-refractivity contribution is 5.93. The quantitative estimate of drug-likeness (QED) is 0.498. The van der Waals surface area contributed by atoms with Gasteiger partial charge in [-0.3, -0.25) is 4.79 Å². The zero-order chi connectivity index (χ0) is 15.7. The lowest BCUT2D eigenvalue weighted by atomic mass is 10.0. The van der Waals surface area contributed by atoms with E-state index >= 15 is 0 Å². The third-order valence-corrected chi connectivity index (χ3v) is 3.60. The van der Waals surface area contributed by atoms with Gasteiger partial charge in [-0.25, -0.2) is 0 Å². The number of unbranched alkanes of at least 4 members (excludes halogenated alkanes) is 2. The zero-order valence-corrected chi connectivity index (χ0v) is 13.7. The summed E-state index contributed by atoms with van der Waals surface area (Å²) in [5, 5.41) is 9.30. The van der Waals surface area contributed by atoms with Crippen LogP contribution in [0.2, 0.25) is 0 Å². The Bertz CT molecular complexity index is 483. The van der Waals surface area contributed by atoms with Gasteiger partial charge < -0.3 is 0 Å². The van der Waals surface area contributed by atoms with E-state index in [4.69, 9.17) is 0 Å². The van der Waals surface area contributed by atoms with Gasteiger partial charge in [-0.1, -0.05) is 44.0 Å². The SMILES string of the molecule is CCCCC(=O)N(/N=N\C)c1cccc(CCCC)c1C. The highest BCUT2D eigenvalue weighted by Gasteiger charge is 2.18. The van der Waals surface area contributed by atoms with Crippen molar-refractivity contribution in [2.24, 2.45) is 10.3 Å². The highest BCUT2D eigenvalue weighted by atomic mass is 16.2. The lowest BCUT2D eigenvalue weighted by molar-refractivity contribution is -0.118. The van der Waals surface area contributed by atoms with Gasteiger partial charge in [0, 0.05) is 6.42 Å². The number of nitrogens with zero attached hydrogens (tertiary/aromatic N) is 3. The van der Waals surface area contributed by atoms with Gasteiger partial charge in [-0.2, -0.15) is 10.1 Å². The van der Waals surface area contributed by atoms with Gasteiger partial charge in [-0.05, 0) is 43.4 Å². The van der Waals surface area contributed by atoms with E-state index in [0.717, 1.165) is 43.4 Å². The molecule has 0 heterocycles. The van der Waals surface area contributed by atoms with Crippen LogP contribution in [0.4, 0.5) is 5.69 Å². The minimum absolute atomic E-state index is 0.0122. The molecule has 1 aromatic rings. The maximum absolute atomic E-state index is 12.3. The normalized spacial score (nSPS) is 11.0. The van der Waals surface area contributed by atoms with Crippen molar-refractivity contribution in [3.8, 4) is 0 Å². The zero-order valence-electron chi connectivity index (χ0n) is 13.7. The van der Waals surface area contributed by atoms with E-state index < -0.39 is 0 Å². The minimum Gasteiger partial charge on any atom is -0.273 e. The Morgan fingerprint density at radius 1 is 1.19 bits per heavy atom. The molecule has 0 aliphatic carbocycles. The maximum Gasteiger partial charge on any atom is 0.248 e. The summed E-state index contributed by atoms with van der Waals surface area (Å²) in [4.78, 5) is 12.3. The first-order chi connectivity index (χ1) is 10.2. The Morgan fingerprint density at radius 3 is 2.52 bits per heavy atom. The van der Waals surface area contributed by atoms with Crippen LogP contribution in [0.15, 0.2) is 28.5 Å². The summed E-state index contributed by atoms with van der Waals surface area (Å²) >= 11 is 0. The molecule has 1 rings (SSSR count). The number of anilines is 1. The summed E-state index contributed by atoms with van der Waals surface area (Å²) in [6, 6.07) is 6.08. The Hall–Kier alpha value is -1.71. The molecule has 0 spiro atoms. The number of aryl methyl sites for hydroxylation is 1. The molecule has 4 nitrogen and oxygen atoms in total. The van der Waals surface area contributed by atoms with Crippen molar-refractivity contribution in [3.63, 3.8) is 0 Å². The summed E-state index contributed by atoms with van der Waals surface area (Å²) < 4.78 is 0. The summed E-state index contributed by atoms with van der Waals surface area (Å²) in [7, 11) is 1.59. The van der Waals surface area contributed by atoms with Crippen molar-refractivity contribution in [1.29, 1.82) is 0 Å². The number of benzene rings is 1. The van der Waals surface area contributed by atoms with E-state index in [9.17, 15) is 4.79 Å². The van der Waals surface area contributed by atoms with Gasteiger partial charge >= 0.3 is 0 Å². The minimum atomic E-state index is 0.0122.